The molecule has 0 spiro atoms. The van der Waals surface area contributed by atoms with Gasteiger partial charge in [-0.3, -0.25) is 0 Å². The number of rotatable bonds is 2. The number of nitrogens with one attached hydrogen (secondary N) is 1. The van der Waals surface area contributed by atoms with E-state index >= 15 is 0 Å². The summed E-state index contributed by atoms with van der Waals surface area (Å²) >= 11 is 7.50. The first-order valence-electron chi connectivity index (χ1n) is 5.38. The molecule has 0 amide bonds. The Morgan fingerprint density at radius 1 is 1.35 bits per heavy atom. The predicted octanol–water partition coefficient (Wildman–Crippen LogP) is 4.34. The summed E-state index contributed by atoms with van der Waals surface area (Å²) in [4.78, 5) is 9.07. The molecule has 0 aliphatic rings. The number of H-pyrrole nitrogens is 1. The van der Waals surface area contributed by atoms with Gasteiger partial charge in [0.1, 0.15) is 5.01 Å². The van der Waals surface area contributed by atoms with Crippen LogP contribution in [0, 0.1) is 6.92 Å². The molecule has 2 nitrogen and oxygen atoms in total. The number of aromatic nitrogens is 2. The molecule has 86 valence electrons. The smallest absolute Gasteiger partial charge is 0.108 e. The number of fused-ring (bicyclic) bond motifs is 1. The van der Waals surface area contributed by atoms with Crippen LogP contribution in [-0.4, -0.2) is 9.97 Å². The third-order valence-corrected chi connectivity index (χ3v) is 4.18. The van der Waals surface area contributed by atoms with Crippen LogP contribution < -0.4 is 0 Å². The summed E-state index contributed by atoms with van der Waals surface area (Å²) in [5, 5.41) is 2.19. The van der Waals surface area contributed by atoms with Gasteiger partial charge in [-0.05, 0) is 13.0 Å². The fraction of sp³-hybridized carbons (Fsp3) is 0.154. The molecule has 1 aromatic carbocycles. The Balaban J connectivity index is 2.23. The van der Waals surface area contributed by atoms with Gasteiger partial charge in [0.05, 0.1) is 11.6 Å². The number of hydrogen-bond acceptors (Lipinski definition) is 2. The molecule has 0 aliphatic carbocycles. The van der Waals surface area contributed by atoms with Gasteiger partial charge >= 0.3 is 0 Å². The first kappa shape index (κ1) is 10.8. The fourth-order valence-corrected chi connectivity index (χ4v) is 3.05. The van der Waals surface area contributed by atoms with Crippen molar-refractivity contribution < 1.29 is 0 Å². The van der Waals surface area contributed by atoms with Gasteiger partial charge in [-0.1, -0.05) is 18.2 Å². The summed E-state index contributed by atoms with van der Waals surface area (Å²) < 4.78 is 0. The van der Waals surface area contributed by atoms with Crippen molar-refractivity contribution in [2.24, 2.45) is 0 Å². The summed E-state index contributed by atoms with van der Waals surface area (Å²) in [5.74, 6) is 0.480. The number of hydrogen-bond donors (Lipinski definition) is 1. The second-order valence-corrected chi connectivity index (χ2v) is 5.45. The maximum absolute atomic E-state index is 5.83. The van der Waals surface area contributed by atoms with Gasteiger partial charge in [0.25, 0.3) is 0 Å². The molecule has 0 aliphatic heterocycles. The van der Waals surface area contributed by atoms with E-state index in [-0.39, 0.29) is 0 Å². The zero-order valence-electron chi connectivity index (χ0n) is 9.33. The number of aryl methyl sites for hydroxylation is 1. The summed E-state index contributed by atoms with van der Waals surface area (Å²) in [5.41, 5.74) is 3.34. The molecular formula is C13H11ClN2S. The number of benzene rings is 1. The third kappa shape index (κ3) is 1.75. The lowest BCUT2D eigenvalue weighted by Gasteiger charge is -1.95. The van der Waals surface area contributed by atoms with E-state index in [0.29, 0.717) is 5.88 Å². The molecule has 0 saturated heterocycles. The zero-order valence-corrected chi connectivity index (χ0v) is 10.9. The van der Waals surface area contributed by atoms with Crippen LogP contribution in [0.15, 0.2) is 30.5 Å². The Morgan fingerprint density at radius 2 is 2.18 bits per heavy atom. The summed E-state index contributed by atoms with van der Waals surface area (Å²) in [6, 6.07) is 8.26. The lowest BCUT2D eigenvalue weighted by molar-refractivity contribution is 1.26. The molecular weight excluding hydrogens is 252 g/mol. The quantitative estimate of drug-likeness (QED) is 0.684. The third-order valence-electron chi connectivity index (χ3n) is 2.80. The van der Waals surface area contributed by atoms with Crippen LogP contribution in [-0.2, 0) is 5.88 Å². The van der Waals surface area contributed by atoms with Crippen molar-refractivity contribution in [3.8, 4) is 11.3 Å². The Kier molecular flexibility index (Phi) is 2.65. The van der Waals surface area contributed by atoms with Crippen molar-refractivity contribution in [2.45, 2.75) is 12.8 Å². The molecule has 4 heteroatoms. The minimum atomic E-state index is 0.480. The first-order chi connectivity index (χ1) is 8.29. The van der Waals surface area contributed by atoms with E-state index in [9.17, 15) is 0 Å². The lowest BCUT2D eigenvalue weighted by Crippen LogP contribution is -1.79. The van der Waals surface area contributed by atoms with E-state index in [4.69, 9.17) is 11.6 Å². The van der Waals surface area contributed by atoms with E-state index in [1.54, 1.807) is 11.3 Å². The van der Waals surface area contributed by atoms with Gasteiger partial charge in [-0.15, -0.1) is 22.9 Å². The van der Waals surface area contributed by atoms with E-state index in [0.717, 1.165) is 21.8 Å². The van der Waals surface area contributed by atoms with Crippen molar-refractivity contribution in [1.29, 1.82) is 0 Å². The van der Waals surface area contributed by atoms with Crippen LogP contribution in [0.1, 0.15) is 9.88 Å². The van der Waals surface area contributed by atoms with Crippen LogP contribution >= 0.6 is 22.9 Å². The van der Waals surface area contributed by atoms with Crippen molar-refractivity contribution >= 4 is 33.8 Å². The monoisotopic (exact) mass is 262 g/mol. The molecule has 0 unspecified atom stereocenters. The molecule has 0 saturated carbocycles. The average Bonchev–Trinajstić information content (AvgIpc) is 2.92. The zero-order chi connectivity index (χ0) is 11.8. The van der Waals surface area contributed by atoms with E-state index in [2.05, 4.69) is 29.0 Å². The standard InChI is InChI=1S/C13H11ClN2S/c1-8-13(16-12(6-14)17-8)10-7-15-11-5-3-2-4-9(10)11/h2-5,7,15H,6H2,1H3. The Labute approximate surface area is 108 Å². The second-order valence-electron chi connectivity index (χ2n) is 3.89. The van der Waals surface area contributed by atoms with Crippen molar-refractivity contribution in [2.75, 3.05) is 0 Å². The number of para-hydroxylation sites is 1. The summed E-state index contributed by atoms with van der Waals surface area (Å²) in [6.45, 7) is 2.09. The largest absolute Gasteiger partial charge is 0.360 e. The Bertz CT molecular complexity index is 669. The van der Waals surface area contributed by atoms with Crippen LogP contribution in [0.2, 0.25) is 0 Å². The summed E-state index contributed by atoms with van der Waals surface area (Å²) in [7, 11) is 0. The Morgan fingerprint density at radius 3 is 2.94 bits per heavy atom. The molecule has 0 fully saturated rings. The van der Waals surface area contributed by atoms with Gasteiger partial charge in [0.2, 0.25) is 0 Å². The van der Waals surface area contributed by atoms with Gasteiger partial charge in [-0.2, -0.15) is 0 Å². The van der Waals surface area contributed by atoms with Crippen molar-refractivity contribution in [1.82, 2.24) is 9.97 Å². The highest BCUT2D eigenvalue weighted by atomic mass is 35.5. The number of nitrogens with zero attached hydrogens (tertiary/aromatic N) is 1. The maximum Gasteiger partial charge on any atom is 0.108 e. The van der Waals surface area contributed by atoms with Crippen molar-refractivity contribution in [3.05, 3.63) is 40.3 Å². The van der Waals surface area contributed by atoms with E-state index in [1.165, 1.54) is 10.3 Å². The predicted molar refractivity (Wildman–Crippen MR) is 73.7 cm³/mol. The molecule has 0 bridgehead atoms. The molecule has 0 atom stereocenters. The highest BCUT2D eigenvalue weighted by Gasteiger charge is 2.12. The second kappa shape index (κ2) is 4.17. The number of halogens is 1. The summed E-state index contributed by atoms with van der Waals surface area (Å²) in [6.07, 6.45) is 2.02. The van der Waals surface area contributed by atoms with Crippen LogP contribution in [0.5, 0.6) is 0 Å². The highest BCUT2D eigenvalue weighted by molar-refractivity contribution is 7.12. The molecule has 1 N–H and O–H groups in total. The fourth-order valence-electron chi connectivity index (χ4n) is 2.03. The molecule has 3 rings (SSSR count). The minimum Gasteiger partial charge on any atom is -0.360 e. The van der Waals surface area contributed by atoms with Crippen LogP contribution in [0.25, 0.3) is 22.2 Å². The molecule has 2 heterocycles. The van der Waals surface area contributed by atoms with Gasteiger partial charge in [0, 0.05) is 27.5 Å². The molecule has 17 heavy (non-hydrogen) atoms. The van der Waals surface area contributed by atoms with Crippen LogP contribution in [0.4, 0.5) is 0 Å². The highest BCUT2D eigenvalue weighted by Crippen LogP contribution is 2.33. The molecule has 2 aromatic heterocycles. The number of alkyl halides is 1. The first-order valence-corrected chi connectivity index (χ1v) is 6.73. The number of thiazole rings is 1. The van der Waals surface area contributed by atoms with E-state index in [1.807, 2.05) is 18.3 Å². The minimum absolute atomic E-state index is 0.480. The van der Waals surface area contributed by atoms with Gasteiger partial charge < -0.3 is 4.98 Å². The Hall–Kier alpha value is -1.32. The van der Waals surface area contributed by atoms with Gasteiger partial charge in [-0.25, -0.2) is 4.98 Å². The van der Waals surface area contributed by atoms with Crippen molar-refractivity contribution in [3.63, 3.8) is 0 Å². The van der Waals surface area contributed by atoms with Gasteiger partial charge in [0.15, 0.2) is 0 Å². The van der Waals surface area contributed by atoms with Crippen LogP contribution in [0.3, 0.4) is 0 Å². The number of aromatic amines is 1. The average molecular weight is 263 g/mol. The lowest BCUT2D eigenvalue weighted by atomic mass is 10.1. The molecule has 3 aromatic rings. The topological polar surface area (TPSA) is 28.7 Å². The molecule has 0 radical (unpaired) electrons. The SMILES string of the molecule is Cc1sc(CCl)nc1-c1c[nH]c2ccccc12. The normalized spacial score (nSPS) is 11.2. The maximum atomic E-state index is 5.83. The van der Waals surface area contributed by atoms with E-state index < -0.39 is 0 Å².